The summed E-state index contributed by atoms with van der Waals surface area (Å²) in [6.45, 7) is 3.74. The van der Waals surface area contributed by atoms with Crippen molar-refractivity contribution in [3.8, 4) is 0 Å². The summed E-state index contributed by atoms with van der Waals surface area (Å²) in [5.41, 5.74) is 1.52. The average molecular weight is 293 g/mol. The number of nitrogens with zero attached hydrogens (tertiary/aromatic N) is 1. The second kappa shape index (κ2) is 8.15. The molecule has 0 saturated carbocycles. The van der Waals surface area contributed by atoms with Gasteiger partial charge in [-0.15, -0.1) is 0 Å². The van der Waals surface area contributed by atoms with Crippen molar-refractivity contribution in [3.63, 3.8) is 0 Å². The van der Waals surface area contributed by atoms with Gasteiger partial charge < -0.3 is 10.6 Å². The van der Waals surface area contributed by atoms with Gasteiger partial charge in [0.15, 0.2) is 0 Å². The molecule has 0 aliphatic carbocycles. The molecule has 4 nitrogen and oxygen atoms in total. The fourth-order valence-corrected chi connectivity index (χ4v) is 3.48. The Labute approximate surface area is 125 Å². The molecule has 20 heavy (non-hydrogen) atoms. The number of rotatable bonds is 6. The Kier molecular flexibility index (Phi) is 6.18. The second-order valence-corrected chi connectivity index (χ2v) is 6.34. The second-order valence-electron chi connectivity index (χ2n) is 5.11. The van der Waals surface area contributed by atoms with Gasteiger partial charge in [0.1, 0.15) is 0 Å². The number of nitrogens with one attached hydrogen (secondary N) is 2. The molecule has 0 aromatic carbocycles. The van der Waals surface area contributed by atoms with E-state index in [9.17, 15) is 4.79 Å². The van der Waals surface area contributed by atoms with Gasteiger partial charge in [-0.05, 0) is 42.8 Å². The molecule has 1 aliphatic heterocycles. The molecule has 1 aromatic heterocycles. The van der Waals surface area contributed by atoms with Crippen LogP contribution in [0.4, 0.5) is 5.69 Å². The summed E-state index contributed by atoms with van der Waals surface area (Å²) in [6, 6.07) is 1.78. The molecule has 110 valence electrons. The first-order valence-corrected chi connectivity index (χ1v) is 8.50. The zero-order valence-corrected chi connectivity index (χ0v) is 12.8. The molecule has 2 N–H and O–H groups in total. The molecule has 0 unspecified atom stereocenters. The standard InChI is InChI=1S/C15H23N3OS/c1-2-6-17-14-11-16-7-3-13(14)15(19)18-10-12-4-8-20-9-5-12/h3,7,11-12,17H,2,4-6,8-10H2,1H3,(H,18,19). The normalized spacial score (nSPS) is 15.8. The monoisotopic (exact) mass is 293 g/mol. The van der Waals surface area contributed by atoms with E-state index in [-0.39, 0.29) is 5.91 Å². The van der Waals surface area contributed by atoms with Crippen LogP contribution in [0.15, 0.2) is 18.5 Å². The largest absolute Gasteiger partial charge is 0.383 e. The fraction of sp³-hybridized carbons (Fsp3) is 0.600. The van der Waals surface area contributed by atoms with Gasteiger partial charge in [0.25, 0.3) is 5.91 Å². The van der Waals surface area contributed by atoms with Crippen LogP contribution in [0.3, 0.4) is 0 Å². The molecule has 0 atom stereocenters. The van der Waals surface area contributed by atoms with Gasteiger partial charge in [0, 0.05) is 19.3 Å². The van der Waals surface area contributed by atoms with Crippen LogP contribution in [0.1, 0.15) is 36.5 Å². The molecule has 1 amide bonds. The summed E-state index contributed by atoms with van der Waals surface area (Å²) in [7, 11) is 0. The predicted molar refractivity (Wildman–Crippen MR) is 85.4 cm³/mol. The first-order valence-electron chi connectivity index (χ1n) is 7.35. The number of aromatic nitrogens is 1. The van der Waals surface area contributed by atoms with Crippen molar-refractivity contribution in [1.82, 2.24) is 10.3 Å². The van der Waals surface area contributed by atoms with Gasteiger partial charge in [0.2, 0.25) is 0 Å². The number of carbonyl (C=O) groups is 1. The van der Waals surface area contributed by atoms with Crippen LogP contribution in [0.5, 0.6) is 0 Å². The van der Waals surface area contributed by atoms with Crippen LogP contribution in [-0.2, 0) is 0 Å². The van der Waals surface area contributed by atoms with Gasteiger partial charge in [-0.2, -0.15) is 11.8 Å². The molecule has 2 heterocycles. The average Bonchev–Trinajstić information content (AvgIpc) is 2.52. The highest BCUT2D eigenvalue weighted by Crippen LogP contribution is 2.22. The Morgan fingerprint density at radius 1 is 1.45 bits per heavy atom. The van der Waals surface area contributed by atoms with Gasteiger partial charge in [-0.1, -0.05) is 6.92 Å². The number of hydrogen-bond acceptors (Lipinski definition) is 4. The number of hydrogen-bond donors (Lipinski definition) is 2. The van der Waals surface area contributed by atoms with E-state index in [1.165, 1.54) is 24.3 Å². The number of anilines is 1. The Balaban J connectivity index is 1.90. The quantitative estimate of drug-likeness (QED) is 0.847. The van der Waals surface area contributed by atoms with E-state index in [1.54, 1.807) is 18.5 Å². The molecule has 1 aliphatic rings. The smallest absolute Gasteiger partial charge is 0.253 e. The third kappa shape index (κ3) is 4.40. The Hall–Kier alpha value is -1.23. The first kappa shape index (κ1) is 15.2. The highest BCUT2D eigenvalue weighted by atomic mass is 32.2. The van der Waals surface area contributed by atoms with E-state index in [1.807, 2.05) is 11.8 Å². The van der Waals surface area contributed by atoms with Crippen LogP contribution in [-0.4, -0.2) is 35.5 Å². The summed E-state index contributed by atoms with van der Waals surface area (Å²) < 4.78 is 0. The van der Waals surface area contributed by atoms with E-state index in [0.717, 1.165) is 25.2 Å². The van der Waals surface area contributed by atoms with E-state index in [4.69, 9.17) is 0 Å². The van der Waals surface area contributed by atoms with E-state index >= 15 is 0 Å². The topological polar surface area (TPSA) is 54.0 Å². The molecule has 5 heteroatoms. The highest BCUT2D eigenvalue weighted by Gasteiger charge is 2.16. The van der Waals surface area contributed by atoms with Crippen molar-refractivity contribution in [2.45, 2.75) is 26.2 Å². The Bertz CT molecular complexity index is 433. The van der Waals surface area contributed by atoms with Crippen LogP contribution in [0, 0.1) is 5.92 Å². The summed E-state index contributed by atoms with van der Waals surface area (Å²) in [4.78, 5) is 16.4. The van der Waals surface area contributed by atoms with Crippen molar-refractivity contribution in [2.24, 2.45) is 5.92 Å². The van der Waals surface area contributed by atoms with Crippen LogP contribution < -0.4 is 10.6 Å². The molecular weight excluding hydrogens is 270 g/mol. The van der Waals surface area contributed by atoms with Gasteiger partial charge in [-0.25, -0.2) is 0 Å². The third-order valence-electron chi connectivity index (χ3n) is 3.52. The maximum absolute atomic E-state index is 12.3. The SMILES string of the molecule is CCCNc1cnccc1C(=O)NCC1CCSCC1. The van der Waals surface area contributed by atoms with Crippen LogP contribution >= 0.6 is 11.8 Å². The zero-order valence-electron chi connectivity index (χ0n) is 12.0. The lowest BCUT2D eigenvalue weighted by molar-refractivity contribution is 0.0947. The van der Waals surface area contributed by atoms with E-state index in [0.29, 0.717) is 11.5 Å². The summed E-state index contributed by atoms with van der Waals surface area (Å²) in [5.74, 6) is 3.08. The minimum atomic E-state index is 0.00392. The van der Waals surface area contributed by atoms with Crippen molar-refractivity contribution in [1.29, 1.82) is 0 Å². The van der Waals surface area contributed by atoms with Crippen molar-refractivity contribution < 1.29 is 4.79 Å². The fourth-order valence-electron chi connectivity index (χ4n) is 2.28. The lowest BCUT2D eigenvalue weighted by atomic mass is 10.0. The number of carbonyl (C=O) groups excluding carboxylic acids is 1. The number of pyridine rings is 1. The van der Waals surface area contributed by atoms with Gasteiger partial charge >= 0.3 is 0 Å². The minimum absolute atomic E-state index is 0.00392. The molecule has 1 aromatic rings. The zero-order chi connectivity index (χ0) is 14.2. The van der Waals surface area contributed by atoms with Crippen molar-refractivity contribution in [2.75, 3.05) is 29.9 Å². The van der Waals surface area contributed by atoms with Gasteiger partial charge in [-0.3, -0.25) is 9.78 Å². The summed E-state index contributed by atoms with van der Waals surface area (Å²) >= 11 is 2.01. The molecule has 2 rings (SSSR count). The maximum atomic E-state index is 12.3. The Morgan fingerprint density at radius 2 is 2.25 bits per heavy atom. The Morgan fingerprint density at radius 3 is 3.00 bits per heavy atom. The number of amides is 1. The van der Waals surface area contributed by atoms with Gasteiger partial charge in [0.05, 0.1) is 17.4 Å². The summed E-state index contributed by atoms with van der Waals surface area (Å²) in [6.07, 6.45) is 6.84. The van der Waals surface area contributed by atoms with Crippen molar-refractivity contribution >= 4 is 23.4 Å². The molecule has 0 radical (unpaired) electrons. The maximum Gasteiger partial charge on any atom is 0.253 e. The van der Waals surface area contributed by atoms with E-state index < -0.39 is 0 Å². The predicted octanol–water partition coefficient (Wildman–Crippen LogP) is 2.78. The van der Waals surface area contributed by atoms with E-state index in [2.05, 4.69) is 22.5 Å². The lowest BCUT2D eigenvalue weighted by Gasteiger charge is -2.21. The first-order chi connectivity index (χ1) is 9.81. The molecule has 1 saturated heterocycles. The molecular formula is C15H23N3OS. The molecule has 1 fully saturated rings. The minimum Gasteiger partial charge on any atom is -0.383 e. The third-order valence-corrected chi connectivity index (χ3v) is 4.57. The number of thioether (sulfide) groups is 1. The molecule has 0 spiro atoms. The van der Waals surface area contributed by atoms with Crippen molar-refractivity contribution in [3.05, 3.63) is 24.0 Å². The van der Waals surface area contributed by atoms with Crippen LogP contribution in [0.2, 0.25) is 0 Å². The summed E-state index contributed by atoms with van der Waals surface area (Å²) in [5, 5.41) is 6.32. The molecule has 0 bridgehead atoms. The lowest BCUT2D eigenvalue weighted by Crippen LogP contribution is -2.31. The highest BCUT2D eigenvalue weighted by molar-refractivity contribution is 7.99. The van der Waals surface area contributed by atoms with Crippen LogP contribution in [0.25, 0.3) is 0 Å².